The number of aliphatic hydroxyl groups is 1. The highest BCUT2D eigenvalue weighted by molar-refractivity contribution is 5.93. The highest BCUT2D eigenvalue weighted by Crippen LogP contribution is 2.44. The minimum atomic E-state index is -2.28. The highest BCUT2D eigenvalue weighted by Gasteiger charge is 2.35. The number of nitrogens with zero attached hydrogens (tertiary/aromatic N) is 1. The van der Waals surface area contributed by atoms with E-state index in [1.807, 2.05) is 13.8 Å². The average molecular weight is 694 g/mol. The monoisotopic (exact) mass is 693 g/mol. The van der Waals surface area contributed by atoms with E-state index in [-0.39, 0.29) is 47.1 Å². The maximum atomic E-state index is 13.9. The molecule has 16 heteroatoms. The van der Waals surface area contributed by atoms with Gasteiger partial charge in [0.05, 0.1) is 24.1 Å². The number of nitro groups is 1. The standard InChI is InChI=1S/C34H39N5O11/c1-17(2)11-21(35)31(42)36-23-13-19-9-10-26(24(14-19)39(47)48)50-27-16-20(15-25(40)30(27)49-3)28(29(41)34(45)46)38-33(44)22(37-32(23)43)12-18-7-5-4-6-8-18/h4-10,14-17,21-23,28-29,40-41H,11-13,35H2,1-3H3,(H,36,42)(H,37,43)(H,38,44)(H,45,46)/t21-,22+,23-,28-,29+/m1/s1. The number of phenols is 1. The topological polar surface area (TPSA) is 253 Å². The van der Waals surface area contributed by atoms with E-state index in [1.54, 1.807) is 30.3 Å². The number of ether oxygens (including phenoxy) is 2. The Hall–Kier alpha value is -5.74. The molecule has 4 bridgehead atoms. The van der Waals surface area contributed by atoms with Gasteiger partial charge in [-0.1, -0.05) is 50.2 Å². The molecule has 5 atom stereocenters. The summed E-state index contributed by atoms with van der Waals surface area (Å²) in [6.45, 7) is 3.73. The van der Waals surface area contributed by atoms with Crippen LogP contribution in [0.5, 0.6) is 23.0 Å². The van der Waals surface area contributed by atoms with Gasteiger partial charge in [-0.25, -0.2) is 4.79 Å². The van der Waals surface area contributed by atoms with Crippen LogP contribution in [0.4, 0.5) is 5.69 Å². The molecule has 2 heterocycles. The number of carboxylic acid groups (broad SMARTS) is 1. The van der Waals surface area contributed by atoms with Gasteiger partial charge in [0, 0.05) is 18.9 Å². The molecule has 16 nitrogen and oxygen atoms in total. The lowest BCUT2D eigenvalue weighted by molar-refractivity contribution is -0.385. The zero-order chi connectivity index (χ0) is 36.7. The normalized spacial score (nSPS) is 19.0. The highest BCUT2D eigenvalue weighted by atomic mass is 16.6. The van der Waals surface area contributed by atoms with Gasteiger partial charge in [0.2, 0.25) is 29.2 Å². The Labute approximate surface area is 286 Å². The molecule has 0 spiro atoms. The smallest absolute Gasteiger partial charge is 0.335 e. The number of nitro benzene ring substituents is 1. The Morgan fingerprint density at radius 3 is 2.40 bits per heavy atom. The summed E-state index contributed by atoms with van der Waals surface area (Å²) in [6.07, 6.45) is -2.37. The number of methoxy groups -OCH3 is 1. The number of aliphatic hydroxyl groups excluding tert-OH is 1. The number of hydrogen-bond donors (Lipinski definition) is 7. The molecular weight excluding hydrogens is 654 g/mol. The van der Waals surface area contributed by atoms with Crippen LogP contribution in [0.25, 0.3) is 0 Å². The second kappa shape index (κ2) is 16.1. The first-order valence-electron chi connectivity index (χ1n) is 15.7. The van der Waals surface area contributed by atoms with Crippen LogP contribution in [0.2, 0.25) is 0 Å². The summed E-state index contributed by atoms with van der Waals surface area (Å²) in [4.78, 5) is 64.5. The zero-order valence-electron chi connectivity index (χ0n) is 27.5. The van der Waals surface area contributed by atoms with Crippen LogP contribution in [-0.4, -0.2) is 75.3 Å². The van der Waals surface area contributed by atoms with Crippen molar-refractivity contribution < 1.29 is 48.9 Å². The van der Waals surface area contributed by atoms with Gasteiger partial charge < -0.3 is 46.5 Å². The van der Waals surface area contributed by atoms with Gasteiger partial charge >= 0.3 is 11.7 Å². The minimum Gasteiger partial charge on any atom is -0.504 e. The van der Waals surface area contributed by atoms with Crippen molar-refractivity contribution in [3.63, 3.8) is 0 Å². The lowest BCUT2D eigenvalue weighted by Crippen LogP contribution is -2.57. The third-order valence-electron chi connectivity index (χ3n) is 7.98. The number of amides is 3. The minimum absolute atomic E-state index is 0.0462. The molecule has 0 fully saturated rings. The first-order chi connectivity index (χ1) is 23.7. The summed E-state index contributed by atoms with van der Waals surface area (Å²) in [5.41, 5.74) is 6.20. The van der Waals surface area contributed by atoms with Crippen molar-refractivity contribution in [2.45, 2.75) is 63.4 Å². The fraction of sp³-hybridized carbons (Fsp3) is 0.353. The van der Waals surface area contributed by atoms with Crippen molar-refractivity contribution in [2.24, 2.45) is 11.7 Å². The number of nitrogens with two attached hydrogens (primary N) is 1. The van der Waals surface area contributed by atoms with Gasteiger partial charge in [-0.3, -0.25) is 24.5 Å². The van der Waals surface area contributed by atoms with Crippen molar-refractivity contribution in [3.05, 3.63) is 87.5 Å². The molecule has 266 valence electrons. The number of phenolic OH excluding ortho intramolecular Hbond substituents is 1. The summed E-state index contributed by atoms with van der Waals surface area (Å²) in [5, 5.41) is 51.2. The first kappa shape index (κ1) is 37.1. The SMILES string of the molecule is COc1c(O)cc2cc1Oc1ccc(cc1[N+](=O)[O-])C[C@@H](NC(=O)[C@H](N)CC(C)C)C(=O)N[C@@H](Cc1ccccc1)C(=O)N[C@H]2[C@H](O)C(=O)O. The lowest BCUT2D eigenvalue weighted by atomic mass is 9.97. The van der Waals surface area contributed by atoms with Crippen LogP contribution in [0.1, 0.15) is 43.0 Å². The van der Waals surface area contributed by atoms with E-state index in [0.717, 1.165) is 18.2 Å². The van der Waals surface area contributed by atoms with E-state index in [0.29, 0.717) is 12.0 Å². The van der Waals surface area contributed by atoms with Gasteiger partial charge in [0.1, 0.15) is 12.1 Å². The quantitative estimate of drug-likeness (QED) is 0.119. The molecule has 5 rings (SSSR count). The van der Waals surface area contributed by atoms with E-state index in [9.17, 15) is 44.6 Å². The van der Waals surface area contributed by atoms with Crippen LogP contribution in [-0.2, 0) is 32.0 Å². The van der Waals surface area contributed by atoms with Gasteiger partial charge in [0.25, 0.3) is 0 Å². The van der Waals surface area contributed by atoms with E-state index in [4.69, 9.17) is 15.2 Å². The molecule has 0 aromatic heterocycles. The fourth-order valence-electron chi connectivity index (χ4n) is 5.52. The Morgan fingerprint density at radius 2 is 1.78 bits per heavy atom. The molecule has 3 aromatic carbocycles. The Balaban J connectivity index is 1.90. The Kier molecular flexibility index (Phi) is 11.9. The van der Waals surface area contributed by atoms with Crippen LogP contribution in [0, 0.1) is 16.0 Å². The largest absolute Gasteiger partial charge is 0.504 e. The molecule has 50 heavy (non-hydrogen) atoms. The summed E-state index contributed by atoms with van der Waals surface area (Å²) < 4.78 is 11.1. The van der Waals surface area contributed by atoms with Gasteiger partial charge in [0.15, 0.2) is 17.6 Å². The third-order valence-corrected chi connectivity index (χ3v) is 7.98. The van der Waals surface area contributed by atoms with Crippen molar-refractivity contribution >= 4 is 29.4 Å². The van der Waals surface area contributed by atoms with Crippen molar-refractivity contribution in [1.82, 2.24) is 16.0 Å². The fourth-order valence-corrected chi connectivity index (χ4v) is 5.52. The number of hydrogen-bond acceptors (Lipinski definition) is 11. The molecule has 3 amide bonds. The summed E-state index contributed by atoms with van der Waals surface area (Å²) in [7, 11) is 1.19. The maximum Gasteiger partial charge on any atom is 0.335 e. The summed E-state index contributed by atoms with van der Waals surface area (Å²) >= 11 is 0. The second-order valence-corrected chi connectivity index (χ2v) is 12.3. The van der Waals surface area contributed by atoms with E-state index >= 15 is 0 Å². The molecule has 0 aliphatic carbocycles. The number of carbonyl (C=O) groups excluding carboxylic acids is 3. The molecule has 3 aromatic rings. The average Bonchev–Trinajstić information content (AvgIpc) is 3.06. The van der Waals surface area contributed by atoms with Crippen molar-refractivity contribution in [1.29, 1.82) is 0 Å². The van der Waals surface area contributed by atoms with Crippen LogP contribution >= 0.6 is 0 Å². The number of aliphatic carboxylic acids is 1. The lowest BCUT2D eigenvalue weighted by Gasteiger charge is -2.28. The Morgan fingerprint density at radius 1 is 1.08 bits per heavy atom. The van der Waals surface area contributed by atoms with Crippen molar-refractivity contribution in [3.8, 4) is 23.0 Å². The molecule has 0 unspecified atom stereocenters. The van der Waals surface area contributed by atoms with E-state index in [2.05, 4.69) is 16.0 Å². The van der Waals surface area contributed by atoms with Crippen LogP contribution in [0.15, 0.2) is 60.7 Å². The third kappa shape index (κ3) is 9.03. The second-order valence-electron chi connectivity index (χ2n) is 12.3. The van der Waals surface area contributed by atoms with E-state index in [1.165, 1.54) is 19.2 Å². The number of rotatable bonds is 10. The summed E-state index contributed by atoms with van der Waals surface area (Å²) in [5.74, 6) is -5.63. The molecular formula is C34H39N5O11. The number of benzene rings is 3. The van der Waals surface area contributed by atoms with Gasteiger partial charge in [-0.2, -0.15) is 0 Å². The summed E-state index contributed by atoms with van der Waals surface area (Å²) in [6, 6.07) is 9.02. The number of fused-ring (bicyclic) bond motifs is 9. The number of aromatic hydroxyl groups is 1. The van der Waals surface area contributed by atoms with E-state index < -0.39 is 70.3 Å². The molecule has 0 radical (unpaired) electrons. The van der Waals surface area contributed by atoms with Crippen molar-refractivity contribution in [2.75, 3.05) is 7.11 Å². The van der Waals surface area contributed by atoms with Crippen LogP contribution < -0.4 is 31.2 Å². The zero-order valence-corrected chi connectivity index (χ0v) is 27.5. The van der Waals surface area contributed by atoms with Gasteiger partial charge in [-0.15, -0.1) is 0 Å². The predicted molar refractivity (Wildman–Crippen MR) is 177 cm³/mol. The predicted octanol–water partition coefficient (Wildman–Crippen LogP) is 1.85. The molecule has 0 saturated carbocycles. The number of carbonyl (C=O) groups is 4. The molecule has 8 N–H and O–H groups in total. The number of carboxylic acids is 1. The number of nitrogens with one attached hydrogen (secondary N) is 3. The van der Waals surface area contributed by atoms with Gasteiger partial charge in [-0.05, 0) is 47.2 Å². The molecule has 0 saturated heterocycles. The molecule has 2 aliphatic heterocycles. The van der Waals surface area contributed by atoms with Crippen LogP contribution in [0.3, 0.4) is 0 Å². The molecule has 2 aliphatic rings. The first-order valence-corrected chi connectivity index (χ1v) is 15.7. The Bertz CT molecular complexity index is 1750. The maximum absolute atomic E-state index is 13.9.